The number of carboxylic acid groups (broad SMARTS) is 1. The number of rotatable bonds is 8. The van der Waals surface area contributed by atoms with Crippen molar-refractivity contribution in [2.24, 2.45) is 0 Å². The number of ether oxygens (including phenoxy) is 2. The minimum Gasteiger partial charge on any atom is -0.479 e. The molecule has 1 saturated heterocycles. The number of amides is 2. The lowest BCUT2D eigenvalue weighted by molar-refractivity contribution is -0.171. The van der Waals surface area contributed by atoms with Crippen LogP contribution in [0.2, 0.25) is 0 Å². The summed E-state index contributed by atoms with van der Waals surface area (Å²) in [4.78, 5) is 38.8. The molecule has 8 heteroatoms. The van der Waals surface area contributed by atoms with Crippen LogP contribution in [0.4, 0.5) is 4.79 Å². The molecule has 2 aromatic carbocycles. The molecule has 0 radical (unpaired) electrons. The van der Waals surface area contributed by atoms with Crippen molar-refractivity contribution in [3.05, 3.63) is 59.7 Å². The molecule has 1 heterocycles. The van der Waals surface area contributed by atoms with Gasteiger partial charge in [-0.1, -0.05) is 55.5 Å². The third-order valence-electron chi connectivity index (χ3n) is 7.17. The lowest BCUT2D eigenvalue weighted by atomic mass is 9.92. The fourth-order valence-electron chi connectivity index (χ4n) is 5.11. The number of carbonyl (C=O) groups is 3. The van der Waals surface area contributed by atoms with E-state index in [1.807, 2.05) is 31.2 Å². The van der Waals surface area contributed by atoms with Gasteiger partial charge in [0.15, 0.2) is 5.60 Å². The number of hydrogen-bond acceptors (Lipinski definition) is 5. The predicted molar refractivity (Wildman–Crippen MR) is 130 cm³/mol. The Morgan fingerprint density at radius 2 is 1.74 bits per heavy atom. The molecule has 2 atom stereocenters. The number of benzene rings is 2. The number of piperidine rings is 1. The molecule has 186 valence electrons. The van der Waals surface area contributed by atoms with Gasteiger partial charge >= 0.3 is 12.1 Å². The van der Waals surface area contributed by atoms with Crippen molar-refractivity contribution in [1.29, 1.82) is 0 Å². The van der Waals surface area contributed by atoms with Crippen LogP contribution < -0.4 is 5.32 Å². The number of aliphatic carboxylic acids is 1. The summed E-state index contributed by atoms with van der Waals surface area (Å²) in [5.41, 5.74) is 3.20. The van der Waals surface area contributed by atoms with E-state index in [9.17, 15) is 19.5 Å². The highest BCUT2D eigenvalue weighted by molar-refractivity contribution is 5.82. The van der Waals surface area contributed by atoms with Crippen LogP contribution in [0.5, 0.6) is 0 Å². The van der Waals surface area contributed by atoms with Crippen molar-refractivity contribution in [3.8, 4) is 11.1 Å². The van der Waals surface area contributed by atoms with E-state index in [0.29, 0.717) is 25.8 Å². The monoisotopic (exact) mass is 480 g/mol. The number of carbonyl (C=O) groups excluding carboxylic acids is 2. The number of nitrogens with zero attached hydrogens (tertiary/aromatic N) is 1. The lowest BCUT2D eigenvalue weighted by Crippen LogP contribution is -2.56. The van der Waals surface area contributed by atoms with Crippen molar-refractivity contribution >= 4 is 18.0 Å². The Morgan fingerprint density at radius 3 is 2.31 bits per heavy atom. The first-order valence-corrected chi connectivity index (χ1v) is 12.1. The van der Waals surface area contributed by atoms with Gasteiger partial charge in [-0.3, -0.25) is 4.79 Å². The van der Waals surface area contributed by atoms with Crippen LogP contribution in [-0.2, 0) is 19.1 Å². The normalized spacial score (nSPS) is 20.0. The molecule has 35 heavy (non-hydrogen) atoms. The first kappa shape index (κ1) is 24.7. The zero-order valence-corrected chi connectivity index (χ0v) is 20.2. The molecular formula is C27H32N2O6. The lowest BCUT2D eigenvalue weighted by Gasteiger charge is -2.39. The number of likely N-dealkylation sites (tertiary alicyclic amines) is 1. The summed E-state index contributed by atoms with van der Waals surface area (Å²) in [6, 6.07) is 15.8. The van der Waals surface area contributed by atoms with Crippen LogP contribution in [0.25, 0.3) is 11.1 Å². The highest BCUT2D eigenvalue weighted by atomic mass is 16.5. The number of carboxylic acids is 1. The van der Waals surface area contributed by atoms with Crippen molar-refractivity contribution in [1.82, 2.24) is 10.2 Å². The van der Waals surface area contributed by atoms with Gasteiger partial charge in [0.2, 0.25) is 5.91 Å². The van der Waals surface area contributed by atoms with E-state index in [0.717, 1.165) is 22.3 Å². The van der Waals surface area contributed by atoms with Crippen molar-refractivity contribution < 1.29 is 29.0 Å². The third kappa shape index (κ3) is 5.03. The Kier molecular flexibility index (Phi) is 7.40. The summed E-state index contributed by atoms with van der Waals surface area (Å²) in [7, 11) is 1.36. The van der Waals surface area contributed by atoms with Gasteiger partial charge in [-0.25, -0.2) is 9.59 Å². The standard InChI is InChI=1S/C27H32N2O6/c1-3-18(15-24(30)29-14-8-13-27(17-29,34-2)25(31)32)28-26(33)35-16-23-21-11-6-4-9-19(21)20-10-5-7-12-22(20)23/h4-7,9-12,18,23H,3,8,13-17H2,1-2H3,(H,28,33)(H,31,32)/t18-,27?/m0/s1. The van der Waals surface area contributed by atoms with Crippen LogP contribution in [0.3, 0.4) is 0 Å². The number of fused-ring (bicyclic) bond motifs is 3. The van der Waals surface area contributed by atoms with E-state index >= 15 is 0 Å². The molecule has 1 aliphatic heterocycles. The molecule has 1 unspecified atom stereocenters. The molecule has 2 aliphatic rings. The minimum atomic E-state index is -1.38. The summed E-state index contributed by atoms with van der Waals surface area (Å²) in [5, 5.41) is 12.4. The molecular weight excluding hydrogens is 448 g/mol. The average Bonchev–Trinajstić information content (AvgIpc) is 3.20. The van der Waals surface area contributed by atoms with E-state index < -0.39 is 23.7 Å². The van der Waals surface area contributed by atoms with Gasteiger partial charge in [0, 0.05) is 32.0 Å². The summed E-state index contributed by atoms with van der Waals surface area (Å²) in [6.07, 6.45) is 0.945. The molecule has 2 amide bonds. The largest absolute Gasteiger partial charge is 0.479 e. The summed E-state index contributed by atoms with van der Waals surface area (Å²) in [5.74, 6) is -1.32. The summed E-state index contributed by atoms with van der Waals surface area (Å²) >= 11 is 0. The molecule has 0 spiro atoms. The van der Waals surface area contributed by atoms with Crippen LogP contribution >= 0.6 is 0 Å². The Hall–Kier alpha value is -3.39. The molecule has 2 aromatic rings. The van der Waals surface area contributed by atoms with E-state index in [4.69, 9.17) is 9.47 Å². The van der Waals surface area contributed by atoms with E-state index in [1.54, 1.807) is 0 Å². The van der Waals surface area contributed by atoms with Crippen LogP contribution in [-0.4, -0.2) is 66.4 Å². The Bertz CT molecular complexity index is 1060. The SMILES string of the molecule is CC[C@@H](CC(=O)N1CCCC(OC)(C(=O)O)C1)NC(=O)OCC1c2ccccc2-c2ccccc21. The van der Waals surface area contributed by atoms with Crippen molar-refractivity contribution in [2.75, 3.05) is 26.8 Å². The zero-order valence-electron chi connectivity index (χ0n) is 20.2. The minimum absolute atomic E-state index is 0.000947. The Morgan fingerprint density at radius 1 is 1.11 bits per heavy atom. The topological polar surface area (TPSA) is 105 Å². The maximum atomic E-state index is 12.9. The van der Waals surface area contributed by atoms with E-state index in [2.05, 4.69) is 29.6 Å². The van der Waals surface area contributed by atoms with Crippen molar-refractivity contribution in [2.45, 2.75) is 50.2 Å². The maximum absolute atomic E-state index is 12.9. The van der Waals surface area contributed by atoms with Crippen LogP contribution in [0.15, 0.2) is 48.5 Å². The number of methoxy groups -OCH3 is 1. The second-order valence-corrected chi connectivity index (χ2v) is 9.20. The second kappa shape index (κ2) is 10.5. The average molecular weight is 481 g/mol. The molecule has 0 aromatic heterocycles. The highest BCUT2D eigenvalue weighted by Crippen LogP contribution is 2.44. The van der Waals surface area contributed by atoms with Gasteiger partial charge in [0.05, 0.1) is 6.54 Å². The summed E-state index contributed by atoms with van der Waals surface area (Å²) in [6.45, 7) is 2.55. The smallest absolute Gasteiger partial charge is 0.407 e. The van der Waals surface area contributed by atoms with Gasteiger partial charge < -0.3 is 24.8 Å². The van der Waals surface area contributed by atoms with Gasteiger partial charge in [0.25, 0.3) is 0 Å². The number of hydrogen-bond donors (Lipinski definition) is 2. The molecule has 2 N–H and O–H groups in total. The fourth-order valence-corrected chi connectivity index (χ4v) is 5.11. The molecule has 0 saturated carbocycles. The molecule has 0 bridgehead atoms. The van der Waals surface area contributed by atoms with Gasteiger partial charge in [-0.2, -0.15) is 0 Å². The van der Waals surface area contributed by atoms with Crippen LogP contribution in [0.1, 0.15) is 49.7 Å². The number of nitrogens with one attached hydrogen (secondary N) is 1. The Balaban J connectivity index is 1.34. The van der Waals surface area contributed by atoms with Gasteiger partial charge in [0.1, 0.15) is 6.61 Å². The first-order valence-electron chi connectivity index (χ1n) is 12.1. The highest BCUT2D eigenvalue weighted by Gasteiger charge is 2.44. The first-order chi connectivity index (χ1) is 16.9. The molecule has 1 aliphatic carbocycles. The van der Waals surface area contributed by atoms with E-state index in [1.165, 1.54) is 12.0 Å². The zero-order chi connectivity index (χ0) is 25.0. The predicted octanol–water partition coefficient (Wildman–Crippen LogP) is 3.79. The summed E-state index contributed by atoms with van der Waals surface area (Å²) < 4.78 is 10.9. The van der Waals surface area contributed by atoms with Gasteiger partial charge in [-0.05, 0) is 41.5 Å². The van der Waals surface area contributed by atoms with Gasteiger partial charge in [-0.15, -0.1) is 0 Å². The molecule has 1 fully saturated rings. The molecule has 4 rings (SSSR count). The van der Waals surface area contributed by atoms with E-state index in [-0.39, 0.29) is 31.4 Å². The van der Waals surface area contributed by atoms with Crippen LogP contribution in [0, 0.1) is 0 Å². The van der Waals surface area contributed by atoms with Crippen molar-refractivity contribution in [3.63, 3.8) is 0 Å². The molecule has 8 nitrogen and oxygen atoms in total. The maximum Gasteiger partial charge on any atom is 0.407 e. The second-order valence-electron chi connectivity index (χ2n) is 9.20. The number of alkyl carbamates (subject to hydrolysis) is 1. The fraction of sp³-hybridized carbons (Fsp3) is 0.444. The Labute approximate surface area is 205 Å². The quantitative estimate of drug-likeness (QED) is 0.596. The third-order valence-corrected chi connectivity index (χ3v) is 7.17.